The number of rotatable bonds is 6. The van der Waals surface area contributed by atoms with Gasteiger partial charge >= 0.3 is 0 Å². The summed E-state index contributed by atoms with van der Waals surface area (Å²) in [4.78, 5) is 14.8. The summed E-state index contributed by atoms with van der Waals surface area (Å²) in [7, 11) is 0. The van der Waals surface area contributed by atoms with E-state index in [-0.39, 0.29) is 5.91 Å². The van der Waals surface area contributed by atoms with E-state index in [4.69, 9.17) is 9.47 Å². The van der Waals surface area contributed by atoms with Gasteiger partial charge in [-0.15, -0.1) is 0 Å². The number of morpholine rings is 1. The fourth-order valence-electron chi connectivity index (χ4n) is 4.30. The molecule has 3 aliphatic rings. The van der Waals surface area contributed by atoms with Crippen molar-refractivity contribution in [2.75, 3.05) is 46.1 Å². The molecular formula is C18H32N2O3. The predicted octanol–water partition coefficient (Wildman–Crippen LogP) is 1.81. The first kappa shape index (κ1) is 17.2. The number of carbonyl (C=O) groups is 1. The lowest BCUT2D eigenvalue weighted by atomic mass is 9.87. The van der Waals surface area contributed by atoms with Crippen LogP contribution in [0.2, 0.25) is 0 Å². The molecule has 2 atom stereocenters. The smallest absolute Gasteiger partial charge is 0.220 e. The Bertz CT molecular complexity index is 359. The Morgan fingerprint density at radius 2 is 1.83 bits per heavy atom. The van der Waals surface area contributed by atoms with Gasteiger partial charge in [-0.05, 0) is 25.2 Å². The third-order valence-electron chi connectivity index (χ3n) is 5.73. The Balaban J connectivity index is 1.47. The second kappa shape index (κ2) is 9.00. The highest BCUT2D eigenvalue weighted by Crippen LogP contribution is 2.26. The van der Waals surface area contributed by atoms with E-state index in [9.17, 15) is 4.79 Å². The monoisotopic (exact) mass is 324 g/mol. The minimum atomic E-state index is 0.245. The lowest BCUT2D eigenvalue weighted by molar-refractivity contribution is -0.122. The first-order chi connectivity index (χ1) is 11.3. The zero-order valence-corrected chi connectivity index (χ0v) is 14.3. The lowest BCUT2D eigenvalue weighted by Crippen LogP contribution is -2.52. The molecule has 1 saturated carbocycles. The highest BCUT2D eigenvalue weighted by Gasteiger charge is 2.31. The van der Waals surface area contributed by atoms with E-state index < -0.39 is 0 Å². The van der Waals surface area contributed by atoms with Crippen LogP contribution in [0, 0.1) is 11.8 Å². The molecule has 0 aromatic carbocycles. The van der Waals surface area contributed by atoms with Crippen LogP contribution in [0.4, 0.5) is 0 Å². The van der Waals surface area contributed by atoms with Crippen molar-refractivity contribution < 1.29 is 14.3 Å². The van der Waals surface area contributed by atoms with Gasteiger partial charge in [-0.1, -0.05) is 19.3 Å². The summed E-state index contributed by atoms with van der Waals surface area (Å²) < 4.78 is 11.1. The summed E-state index contributed by atoms with van der Waals surface area (Å²) >= 11 is 0. The SMILES string of the molecule is O=C(CC1CCCCC1)NCC(C1CCOC1)N1CCOCC1. The standard InChI is InChI=1S/C18H32N2O3/c21-18(12-15-4-2-1-3-5-15)19-13-17(16-6-9-23-14-16)20-7-10-22-11-8-20/h15-17H,1-14H2,(H,19,21). The zero-order valence-electron chi connectivity index (χ0n) is 14.3. The van der Waals surface area contributed by atoms with Crippen LogP contribution in [0.15, 0.2) is 0 Å². The molecule has 2 aliphatic heterocycles. The Labute approximate surface area is 140 Å². The van der Waals surface area contributed by atoms with Gasteiger partial charge in [0.1, 0.15) is 0 Å². The summed E-state index contributed by atoms with van der Waals surface area (Å²) in [6.07, 6.45) is 8.24. The average molecular weight is 324 g/mol. The zero-order chi connectivity index (χ0) is 15.9. The lowest BCUT2D eigenvalue weighted by Gasteiger charge is -2.37. The Hall–Kier alpha value is -0.650. The van der Waals surface area contributed by atoms with E-state index in [0.29, 0.717) is 17.9 Å². The van der Waals surface area contributed by atoms with Crippen LogP contribution in [0.1, 0.15) is 44.9 Å². The molecule has 3 fully saturated rings. The maximum absolute atomic E-state index is 12.3. The quantitative estimate of drug-likeness (QED) is 0.809. The van der Waals surface area contributed by atoms with Crippen LogP contribution in [-0.2, 0) is 14.3 Å². The largest absolute Gasteiger partial charge is 0.381 e. The molecule has 2 saturated heterocycles. The van der Waals surface area contributed by atoms with E-state index in [1.807, 2.05) is 0 Å². The van der Waals surface area contributed by atoms with Gasteiger partial charge < -0.3 is 14.8 Å². The number of carbonyl (C=O) groups excluding carboxylic acids is 1. The molecular weight excluding hydrogens is 292 g/mol. The van der Waals surface area contributed by atoms with Crippen molar-refractivity contribution in [3.05, 3.63) is 0 Å². The average Bonchev–Trinajstić information content (AvgIpc) is 3.11. The van der Waals surface area contributed by atoms with Gasteiger partial charge in [0.2, 0.25) is 5.91 Å². The van der Waals surface area contributed by atoms with Gasteiger partial charge in [0.25, 0.3) is 0 Å². The van der Waals surface area contributed by atoms with Crippen LogP contribution in [0.25, 0.3) is 0 Å². The number of amides is 1. The Morgan fingerprint density at radius 1 is 1.04 bits per heavy atom. The van der Waals surface area contributed by atoms with Crippen molar-refractivity contribution in [1.82, 2.24) is 10.2 Å². The third kappa shape index (κ3) is 5.16. The normalized spacial score (nSPS) is 28.6. The summed E-state index contributed by atoms with van der Waals surface area (Å²) in [5.74, 6) is 1.40. The van der Waals surface area contributed by atoms with Crippen molar-refractivity contribution in [3.8, 4) is 0 Å². The van der Waals surface area contributed by atoms with E-state index >= 15 is 0 Å². The van der Waals surface area contributed by atoms with Gasteiger partial charge in [-0.2, -0.15) is 0 Å². The van der Waals surface area contributed by atoms with E-state index in [1.54, 1.807) is 0 Å². The summed E-state index contributed by atoms with van der Waals surface area (Å²) in [6, 6.07) is 0.400. The second-order valence-corrected chi connectivity index (χ2v) is 7.35. The molecule has 0 aromatic heterocycles. The molecule has 1 aliphatic carbocycles. The first-order valence-corrected chi connectivity index (χ1v) is 9.49. The van der Waals surface area contributed by atoms with Gasteiger partial charge in [-0.25, -0.2) is 0 Å². The molecule has 1 N–H and O–H groups in total. The van der Waals surface area contributed by atoms with Crippen molar-refractivity contribution in [1.29, 1.82) is 0 Å². The highest BCUT2D eigenvalue weighted by atomic mass is 16.5. The molecule has 3 rings (SSSR count). The number of nitrogens with one attached hydrogen (secondary N) is 1. The predicted molar refractivity (Wildman–Crippen MR) is 89.3 cm³/mol. The van der Waals surface area contributed by atoms with Crippen LogP contribution in [-0.4, -0.2) is 62.9 Å². The summed E-state index contributed by atoms with van der Waals surface area (Å²) in [5.41, 5.74) is 0. The fourth-order valence-corrected chi connectivity index (χ4v) is 4.30. The first-order valence-electron chi connectivity index (χ1n) is 9.49. The van der Waals surface area contributed by atoms with E-state index in [0.717, 1.165) is 58.9 Å². The van der Waals surface area contributed by atoms with Gasteiger partial charge in [0.05, 0.1) is 19.8 Å². The number of nitrogens with zero attached hydrogens (tertiary/aromatic N) is 1. The summed E-state index contributed by atoms with van der Waals surface area (Å²) in [6.45, 7) is 6.02. The molecule has 0 radical (unpaired) electrons. The van der Waals surface area contributed by atoms with Crippen LogP contribution in [0.3, 0.4) is 0 Å². The number of hydrogen-bond donors (Lipinski definition) is 1. The van der Waals surface area contributed by atoms with Gasteiger partial charge in [0.15, 0.2) is 0 Å². The number of ether oxygens (including phenoxy) is 2. The van der Waals surface area contributed by atoms with Gasteiger partial charge in [-0.3, -0.25) is 9.69 Å². The molecule has 0 aromatic rings. The fraction of sp³-hybridized carbons (Fsp3) is 0.944. The molecule has 0 spiro atoms. The Kier molecular flexibility index (Phi) is 6.72. The highest BCUT2D eigenvalue weighted by molar-refractivity contribution is 5.76. The van der Waals surface area contributed by atoms with Crippen LogP contribution >= 0.6 is 0 Å². The van der Waals surface area contributed by atoms with Crippen LogP contribution in [0.5, 0.6) is 0 Å². The second-order valence-electron chi connectivity index (χ2n) is 7.35. The Morgan fingerprint density at radius 3 is 2.52 bits per heavy atom. The molecule has 23 heavy (non-hydrogen) atoms. The summed E-state index contributed by atoms with van der Waals surface area (Å²) in [5, 5.41) is 3.23. The van der Waals surface area contributed by atoms with E-state index in [1.165, 1.54) is 32.1 Å². The minimum Gasteiger partial charge on any atom is -0.381 e. The molecule has 2 heterocycles. The number of hydrogen-bond acceptors (Lipinski definition) is 4. The molecule has 132 valence electrons. The molecule has 5 nitrogen and oxygen atoms in total. The maximum atomic E-state index is 12.3. The topological polar surface area (TPSA) is 50.8 Å². The van der Waals surface area contributed by atoms with Crippen LogP contribution < -0.4 is 5.32 Å². The minimum absolute atomic E-state index is 0.245. The molecule has 2 unspecified atom stereocenters. The van der Waals surface area contributed by atoms with Crippen molar-refractivity contribution in [2.24, 2.45) is 11.8 Å². The maximum Gasteiger partial charge on any atom is 0.220 e. The molecule has 5 heteroatoms. The van der Waals surface area contributed by atoms with Crippen molar-refractivity contribution >= 4 is 5.91 Å². The van der Waals surface area contributed by atoms with Crippen molar-refractivity contribution in [2.45, 2.75) is 51.0 Å². The molecule has 1 amide bonds. The van der Waals surface area contributed by atoms with E-state index in [2.05, 4.69) is 10.2 Å². The third-order valence-corrected chi connectivity index (χ3v) is 5.73. The van der Waals surface area contributed by atoms with Crippen molar-refractivity contribution in [3.63, 3.8) is 0 Å². The van der Waals surface area contributed by atoms with Gasteiger partial charge in [0, 0.05) is 44.6 Å². The molecule has 0 bridgehead atoms.